The summed E-state index contributed by atoms with van der Waals surface area (Å²) in [6, 6.07) is 49.8. The third kappa shape index (κ3) is 15.1. The van der Waals surface area contributed by atoms with E-state index in [9.17, 15) is 14.9 Å². The Morgan fingerprint density at radius 2 is 1.39 bits per heavy atom. The van der Waals surface area contributed by atoms with Crippen LogP contribution in [0.25, 0.3) is 33.3 Å². The predicted molar refractivity (Wildman–Crippen MR) is 312 cm³/mol. The third-order valence-corrected chi connectivity index (χ3v) is 15.1. The summed E-state index contributed by atoms with van der Waals surface area (Å²) in [5, 5.41) is 18.4. The number of nitrogens with zero attached hydrogens (tertiary/aromatic N) is 4. The van der Waals surface area contributed by atoms with Crippen LogP contribution in [0.1, 0.15) is 57.2 Å². The van der Waals surface area contributed by atoms with Gasteiger partial charge in [-0.3, -0.25) is 5.32 Å². The lowest BCUT2D eigenvalue weighted by atomic mass is 9.80. The van der Waals surface area contributed by atoms with Gasteiger partial charge in [0.2, 0.25) is 0 Å². The molecule has 7 rings (SSSR count). The first kappa shape index (κ1) is 59.0. The molecule has 79 heavy (non-hydrogen) atoms. The Labute approximate surface area is 465 Å². The van der Waals surface area contributed by atoms with Gasteiger partial charge in [-0.2, -0.15) is 10.3 Å². The number of anilines is 1. The van der Waals surface area contributed by atoms with Crippen LogP contribution in [0.15, 0.2) is 176 Å². The largest absolute Gasteiger partial charge is 0.497 e. The molecule has 2 amide bonds. The first-order valence-electron chi connectivity index (χ1n) is 26.4. The molecule has 2 atom stereocenters. The number of nitrogens with one attached hydrogen (secondary N) is 2. The van der Waals surface area contributed by atoms with Gasteiger partial charge in [-0.1, -0.05) is 122 Å². The number of amides is 2. The number of nitriles is 1. The molecule has 0 bridgehead atoms. The maximum Gasteiger partial charge on any atom is 0.434 e. The third-order valence-electron chi connectivity index (χ3n) is 12.9. The molecule has 0 saturated carbocycles. The van der Waals surface area contributed by atoms with Gasteiger partial charge in [0.1, 0.15) is 36.4 Å². The number of rotatable bonds is 28. The van der Waals surface area contributed by atoms with E-state index in [0.29, 0.717) is 48.6 Å². The first-order chi connectivity index (χ1) is 38.4. The van der Waals surface area contributed by atoms with E-state index in [0.717, 1.165) is 50.0 Å². The quantitative estimate of drug-likeness (QED) is 0.0157. The Kier molecular flexibility index (Phi) is 21.9. The smallest absolute Gasteiger partial charge is 0.434 e. The minimum Gasteiger partial charge on any atom is -0.497 e. The van der Waals surface area contributed by atoms with Crippen LogP contribution in [0.5, 0.6) is 11.5 Å². The van der Waals surface area contributed by atoms with Crippen molar-refractivity contribution in [2.24, 2.45) is 4.99 Å². The molecule has 16 heteroatoms. The van der Waals surface area contributed by atoms with E-state index in [1.807, 2.05) is 115 Å². The summed E-state index contributed by atoms with van der Waals surface area (Å²) in [7, 11) is 1.60. The zero-order valence-corrected chi connectivity index (χ0v) is 46.8. The Hall–Kier alpha value is -7.67. The number of fused-ring (bicyclic) bond motifs is 3. The molecule has 0 spiro atoms. The average Bonchev–Trinajstić information content (AvgIpc) is 3.53. The molecule has 0 saturated heterocycles. The molecule has 0 fully saturated rings. The van der Waals surface area contributed by atoms with Crippen LogP contribution in [0.2, 0.25) is 0 Å². The predicted octanol–water partition coefficient (Wildman–Crippen LogP) is 13.0. The molecule has 1 aliphatic carbocycles. The first-order valence-corrected chi connectivity index (χ1v) is 27.5. The van der Waals surface area contributed by atoms with E-state index in [1.54, 1.807) is 20.3 Å². The lowest BCUT2D eigenvalue weighted by Crippen LogP contribution is -2.41. The number of hydrogen-bond acceptors (Lipinski definition) is 12. The van der Waals surface area contributed by atoms with Crippen LogP contribution < -0.4 is 25.5 Å². The Morgan fingerprint density at radius 3 is 2.00 bits per heavy atom. The number of hydrogen-bond donors (Lipinski definition) is 2. The van der Waals surface area contributed by atoms with Crippen molar-refractivity contribution in [1.29, 1.82) is 5.26 Å². The summed E-state index contributed by atoms with van der Waals surface area (Å²) in [5.41, 5.74) is 5.66. The number of ether oxygens (including phenoxy) is 5. The fourth-order valence-corrected chi connectivity index (χ4v) is 11.2. The second kappa shape index (κ2) is 29.3. The average molecular weight is 1090 g/mol. The van der Waals surface area contributed by atoms with E-state index < -0.39 is 32.4 Å². The summed E-state index contributed by atoms with van der Waals surface area (Å²) >= 11 is 0. The molecular weight excluding hydrogens is 1020 g/mol. The molecule has 2 N–H and O–H groups in total. The van der Waals surface area contributed by atoms with Gasteiger partial charge in [-0.15, -0.1) is 0 Å². The van der Waals surface area contributed by atoms with Crippen molar-refractivity contribution < 1.29 is 42.3 Å². The van der Waals surface area contributed by atoms with Gasteiger partial charge >= 0.3 is 12.2 Å². The van der Waals surface area contributed by atoms with Gasteiger partial charge in [0, 0.05) is 41.8 Å². The molecule has 2 aliphatic rings. The van der Waals surface area contributed by atoms with Crippen LogP contribution in [0, 0.1) is 11.3 Å². The van der Waals surface area contributed by atoms with Gasteiger partial charge in [-0.25, -0.2) is 14.3 Å². The van der Waals surface area contributed by atoms with E-state index in [4.69, 9.17) is 32.7 Å². The monoisotopic (exact) mass is 1090 g/mol. The number of carbonyl (C=O) groups excluding carboxylic acids is 2. The lowest BCUT2D eigenvalue weighted by Gasteiger charge is -2.39. The van der Waals surface area contributed by atoms with Crippen LogP contribution in [-0.4, -0.2) is 93.3 Å². The SMILES string of the molecule is C=CCOC(=O)N=c1ccc2c3ccc(NC(=O)OCC=C)cc3c(-c3ccccc3)n(CCCNCC(COC(c3ccccc3)(c3ccc(OC)cc3)c3ccc(OC)cc3)OP(OCCC#N)N(C(C)C)C(C)C)c-2c1. The Morgan fingerprint density at radius 1 is 0.772 bits per heavy atom. The summed E-state index contributed by atoms with van der Waals surface area (Å²) in [6.45, 7) is 17.6. The number of benzene rings is 6. The van der Waals surface area contributed by atoms with Crippen molar-refractivity contribution in [3.8, 4) is 40.1 Å². The van der Waals surface area contributed by atoms with E-state index >= 15 is 0 Å². The van der Waals surface area contributed by atoms with Gasteiger partial charge in [0.15, 0.2) is 0 Å². The minimum absolute atomic E-state index is 0.0318. The van der Waals surface area contributed by atoms with Crippen LogP contribution in [-0.2, 0) is 35.4 Å². The number of carbonyl (C=O) groups is 2. The van der Waals surface area contributed by atoms with Crippen molar-refractivity contribution in [2.75, 3.05) is 59.1 Å². The van der Waals surface area contributed by atoms with Crippen molar-refractivity contribution >= 4 is 37.2 Å². The van der Waals surface area contributed by atoms with E-state index in [2.05, 4.69) is 96.1 Å². The molecule has 5 aromatic carbocycles. The van der Waals surface area contributed by atoms with Gasteiger partial charge in [0.25, 0.3) is 8.53 Å². The second-order valence-corrected chi connectivity index (χ2v) is 20.4. The lowest BCUT2D eigenvalue weighted by molar-refractivity contribution is -0.0336. The highest BCUT2D eigenvalue weighted by Gasteiger charge is 2.40. The fraction of sp³-hybridized carbons (Fsp3) is 0.302. The Bertz CT molecular complexity index is 3130. The van der Waals surface area contributed by atoms with Gasteiger partial charge in [0.05, 0.1) is 56.7 Å². The summed E-state index contributed by atoms with van der Waals surface area (Å²) < 4.78 is 47.4. The second-order valence-electron chi connectivity index (χ2n) is 19.0. The number of methoxy groups -OCH3 is 2. The van der Waals surface area contributed by atoms with Crippen LogP contribution in [0.3, 0.4) is 0 Å². The van der Waals surface area contributed by atoms with Gasteiger partial charge < -0.3 is 42.6 Å². The highest BCUT2D eigenvalue weighted by atomic mass is 31.2. The zero-order valence-electron chi connectivity index (χ0n) is 45.9. The molecule has 15 nitrogen and oxygen atoms in total. The molecule has 1 aliphatic heterocycles. The number of aromatic nitrogens is 1. The summed E-state index contributed by atoms with van der Waals surface area (Å²) in [4.78, 5) is 30.0. The van der Waals surface area contributed by atoms with Crippen molar-refractivity contribution in [1.82, 2.24) is 14.6 Å². The topological polar surface area (TPSA) is 167 Å². The molecular formula is C63H71N6O9P. The highest BCUT2D eigenvalue weighted by Crippen LogP contribution is 2.48. The Balaban J connectivity index is 1.28. The van der Waals surface area contributed by atoms with E-state index in [-0.39, 0.29) is 44.9 Å². The van der Waals surface area contributed by atoms with Crippen molar-refractivity contribution in [3.05, 3.63) is 193 Å². The summed E-state index contributed by atoms with van der Waals surface area (Å²) in [6.07, 6.45) is 1.96. The van der Waals surface area contributed by atoms with Gasteiger partial charge in [-0.05, 0) is 117 Å². The summed E-state index contributed by atoms with van der Waals surface area (Å²) in [5.74, 6) is 1.42. The maximum atomic E-state index is 12.8. The molecule has 0 radical (unpaired) electrons. The van der Waals surface area contributed by atoms with Crippen molar-refractivity contribution in [3.63, 3.8) is 0 Å². The molecule has 2 unspecified atom stereocenters. The van der Waals surface area contributed by atoms with E-state index in [1.165, 1.54) is 12.2 Å². The highest BCUT2D eigenvalue weighted by molar-refractivity contribution is 7.44. The minimum atomic E-state index is -1.69. The van der Waals surface area contributed by atoms with Crippen molar-refractivity contribution in [2.45, 2.75) is 70.9 Å². The number of pyridine rings is 1. The van der Waals surface area contributed by atoms with Crippen LogP contribution in [0.4, 0.5) is 15.3 Å². The normalized spacial score (nSPS) is 12.6. The zero-order chi connectivity index (χ0) is 56.2. The van der Waals surface area contributed by atoms with Crippen LogP contribution >= 0.6 is 8.53 Å². The molecule has 5 aromatic rings. The molecule has 0 aromatic heterocycles. The molecule has 412 valence electrons. The molecule has 1 heterocycles. The standard InChI is InChI=1S/C63H71N6O9P/c1-9-38-74-61(70)66-51-27-33-56-57-34-28-52(67-62(71)75-39-10-2)42-59(57)68(60(58(56)41-51)47-19-13-11-14-20-47)37-18-36-65-43-55(78-79(77-40-17-35-64)69(45(3)4)46(5)6)44-76-63(48-21-15-12-16-22-48,49-23-29-53(72-7)30-24-49)50-25-31-54(73-8)32-26-50/h9-16,19-34,41-42,45-46,55,65H,1-2,17-18,36-40,43-44H2,3-8H3,(H,66,70). The maximum absolute atomic E-state index is 12.8. The fourth-order valence-electron chi connectivity index (χ4n) is 9.52.